The molecule has 1 heterocycles. The van der Waals surface area contributed by atoms with Crippen molar-refractivity contribution >= 4 is 0 Å². The largest absolute Gasteiger partial charge is 0.329 e. The smallest absolute Gasteiger partial charge is 0.0336 e. The van der Waals surface area contributed by atoms with E-state index < -0.39 is 0 Å². The first kappa shape index (κ1) is 12.0. The molecule has 2 heteroatoms. The number of hydrogen-bond donors (Lipinski definition) is 1. The van der Waals surface area contributed by atoms with Gasteiger partial charge in [-0.1, -0.05) is 26.2 Å². The molecule has 2 saturated carbocycles. The highest BCUT2D eigenvalue weighted by molar-refractivity contribution is 5.04. The molecular weight excluding hydrogens is 208 g/mol. The average molecular weight is 236 g/mol. The number of nitrogens with two attached hydrogens (primary N) is 1. The van der Waals surface area contributed by atoms with Gasteiger partial charge in [-0.2, -0.15) is 0 Å². The Kier molecular flexibility index (Phi) is 3.20. The van der Waals surface area contributed by atoms with Crippen molar-refractivity contribution in [2.45, 2.75) is 57.4 Å². The normalized spacial score (nSPS) is 47.3. The van der Waals surface area contributed by atoms with E-state index >= 15 is 0 Å². The molecule has 2 nitrogen and oxygen atoms in total. The van der Waals surface area contributed by atoms with Gasteiger partial charge in [0, 0.05) is 18.6 Å². The Bertz CT molecular complexity index is 270. The molecular formula is C15H28N2. The van der Waals surface area contributed by atoms with E-state index in [0.717, 1.165) is 24.3 Å². The van der Waals surface area contributed by atoms with E-state index in [-0.39, 0.29) is 0 Å². The highest BCUT2D eigenvalue weighted by atomic mass is 15.2. The molecule has 2 unspecified atom stereocenters. The molecule has 0 radical (unpaired) electrons. The molecule has 0 aromatic carbocycles. The standard InChI is InChI=1S/C15H28N2/c1-12-8-15(9-12,11-16)17-7-6-13-4-2-3-5-14(13)10-17/h12-14H,2-11,16H2,1H3. The summed E-state index contributed by atoms with van der Waals surface area (Å²) in [5, 5.41) is 0. The lowest BCUT2D eigenvalue weighted by molar-refractivity contribution is -0.0567. The van der Waals surface area contributed by atoms with E-state index in [1.165, 1.54) is 58.0 Å². The average Bonchev–Trinajstić information content (AvgIpc) is 2.34. The molecule has 2 N–H and O–H groups in total. The van der Waals surface area contributed by atoms with Crippen molar-refractivity contribution in [2.24, 2.45) is 23.5 Å². The van der Waals surface area contributed by atoms with E-state index in [1.54, 1.807) is 0 Å². The lowest BCUT2D eigenvalue weighted by atomic mass is 9.65. The molecule has 3 aliphatic rings. The topological polar surface area (TPSA) is 29.3 Å². The Morgan fingerprint density at radius 1 is 1.12 bits per heavy atom. The van der Waals surface area contributed by atoms with Gasteiger partial charge in [-0.3, -0.25) is 4.90 Å². The predicted molar refractivity (Wildman–Crippen MR) is 71.8 cm³/mol. The highest BCUT2D eigenvalue weighted by Crippen LogP contribution is 2.45. The Morgan fingerprint density at radius 3 is 2.47 bits per heavy atom. The fourth-order valence-electron chi connectivity index (χ4n) is 4.82. The number of piperidine rings is 1. The summed E-state index contributed by atoms with van der Waals surface area (Å²) in [5.74, 6) is 2.95. The summed E-state index contributed by atoms with van der Waals surface area (Å²) in [6, 6.07) is 0. The van der Waals surface area contributed by atoms with Crippen molar-refractivity contribution in [3.05, 3.63) is 0 Å². The third-order valence-electron chi connectivity index (χ3n) is 5.80. The van der Waals surface area contributed by atoms with Crippen molar-refractivity contribution in [3.8, 4) is 0 Å². The van der Waals surface area contributed by atoms with Crippen LogP contribution in [0.3, 0.4) is 0 Å². The zero-order valence-electron chi connectivity index (χ0n) is 11.3. The van der Waals surface area contributed by atoms with Crippen molar-refractivity contribution < 1.29 is 0 Å². The molecule has 0 bridgehead atoms. The van der Waals surface area contributed by atoms with Gasteiger partial charge in [-0.05, 0) is 50.0 Å². The van der Waals surface area contributed by atoms with Crippen LogP contribution in [0.25, 0.3) is 0 Å². The molecule has 2 aliphatic carbocycles. The molecule has 0 amide bonds. The molecule has 17 heavy (non-hydrogen) atoms. The van der Waals surface area contributed by atoms with Gasteiger partial charge < -0.3 is 5.73 Å². The van der Waals surface area contributed by atoms with Crippen LogP contribution in [0.5, 0.6) is 0 Å². The highest BCUT2D eigenvalue weighted by Gasteiger charge is 2.47. The van der Waals surface area contributed by atoms with E-state index in [1.807, 2.05) is 0 Å². The Hall–Kier alpha value is -0.0800. The van der Waals surface area contributed by atoms with Gasteiger partial charge in [0.25, 0.3) is 0 Å². The first-order valence-corrected chi connectivity index (χ1v) is 7.69. The van der Waals surface area contributed by atoms with E-state index in [2.05, 4.69) is 11.8 Å². The van der Waals surface area contributed by atoms with Crippen LogP contribution in [-0.4, -0.2) is 30.1 Å². The summed E-state index contributed by atoms with van der Waals surface area (Å²) in [4.78, 5) is 2.78. The minimum Gasteiger partial charge on any atom is -0.329 e. The van der Waals surface area contributed by atoms with Crippen LogP contribution >= 0.6 is 0 Å². The van der Waals surface area contributed by atoms with E-state index in [9.17, 15) is 0 Å². The van der Waals surface area contributed by atoms with Gasteiger partial charge in [0.05, 0.1) is 0 Å². The number of hydrogen-bond acceptors (Lipinski definition) is 2. The second-order valence-electron chi connectivity index (χ2n) is 6.98. The van der Waals surface area contributed by atoms with Crippen molar-refractivity contribution in [2.75, 3.05) is 19.6 Å². The SMILES string of the molecule is CC1CC(CN)(N2CCC3CCCCC3C2)C1. The molecule has 0 spiro atoms. The molecule has 1 saturated heterocycles. The number of nitrogens with zero attached hydrogens (tertiary/aromatic N) is 1. The summed E-state index contributed by atoms with van der Waals surface area (Å²) in [6.45, 7) is 5.94. The third-order valence-corrected chi connectivity index (χ3v) is 5.80. The quantitative estimate of drug-likeness (QED) is 0.798. The molecule has 0 aromatic rings. The minimum absolute atomic E-state index is 0.405. The van der Waals surface area contributed by atoms with Crippen LogP contribution in [0.1, 0.15) is 51.9 Å². The van der Waals surface area contributed by atoms with Gasteiger partial charge in [0.15, 0.2) is 0 Å². The zero-order valence-corrected chi connectivity index (χ0v) is 11.3. The van der Waals surface area contributed by atoms with Gasteiger partial charge >= 0.3 is 0 Å². The Morgan fingerprint density at radius 2 is 1.82 bits per heavy atom. The van der Waals surface area contributed by atoms with E-state index in [0.29, 0.717) is 5.54 Å². The maximum absolute atomic E-state index is 6.09. The summed E-state index contributed by atoms with van der Waals surface area (Å²) in [6.07, 6.45) is 10.1. The molecule has 2 atom stereocenters. The van der Waals surface area contributed by atoms with Gasteiger partial charge in [-0.15, -0.1) is 0 Å². The van der Waals surface area contributed by atoms with Crippen LogP contribution in [0, 0.1) is 17.8 Å². The maximum Gasteiger partial charge on any atom is 0.0336 e. The number of fused-ring (bicyclic) bond motifs is 1. The minimum atomic E-state index is 0.405. The maximum atomic E-state index is 6.09. The Balaban J connectivity index is 1.65. The fourth-order valence-corrected chi connectivity index (χ4v) is 4.82. The predicted octanol–water partition coefficient (Wildman–Crippen LogP) is 2.63. The second kappa shape index (κ2) is 4.55. The second-order valence-corrected chi connectivity index (χ2v) is 6.98. The first-order chi connectivity index (χ1) is 8.23. The molecule has 98 valence electrons. The molecule has 1 aliphatic heterocycles. The molecule has 3 rings (SSSR count). The van der Waals surface area contributed by atoms with Crippen molar-refractivity contribution in [1.29, 1.82) is 0 Å². The fraction of sp³-hybridized carbons (Fsp3) is 1.00. The van der Waals surface area contributed by atoms with Crippen molar-refractivity contribution in [1.82, 2.24) is 4.90 Å². The van der Waals surface area contributed by atoms with Crippen LogP contribution in [0.15, 0.2) is 0 Å². The van der Waals surface area contributed by atoms with Crippen LogP contribution in [0.4, 0.5) is 0 Å². The monoisotopic (exact) mass is 236 g/mol. The van der Waals surface area contributed by atoms with Crippen molar-refractivity contribution in [3.63, 3.8) is 0 Å². The lowest BCUT2D eigenvalue weighted by Gasteiger charge is -2.57. The third kappa shape index (κ3) is 2.04. The lowest BCUT2D eigenvalue weighted by Crippen LogP contribution is -2.64. The summed E-state index contributed by atoms with van der Waals surface area (Å²) in [5.41, 5.74) is 6.49. The van der Waals surface area contributed by atoms with Crippen LogP contribution < -0.4 is 5.73 Å². The first-order valence-electron chi connectivity index (χ1n) is 7.69. The van der Waals surface area contributed by atoms with Crippen LogP contribution in [-0.2, 0) is 0 Å². The van der Waals surface area contributed by atoms with E-state index in [4.69, 9.17) is 5.73 Å². The summed E-state index contributed by atoms with van der Waals surface area (Å²) >= 11 is 0. The number of rotatable bonds is 2. The van der Waals surface area contributed by atoms with Gasteiger partial charge in [-0.25, -0.2) is 0 Å². The summed E-state index contributed by atoms with van der Waals surface area (Å²) < 4.78 is 0. The molecule has 3 fully saturated rings. The van der Waals surface area contributed by atoms with Gasteiger partial charge in [0.2, 0.25) is 0 Å². The summed E-state index contributed by atoms with van der Waals surface area (Å²) in [7, 11) is 0. The molecule has 0 aromatic heterocycles. The number of likely N-dealkylation sites (tertiary alicyclic amines) is 1. The van der Waals surface area contributed by atoms with Gasteiger partial charge in [0.1, 0.15) is 0 Å². The van der Waals surface area contributed by atoms with Crippen LogP contribution in [0.2, 0.25) is 0 Å². The Labute approximate surface area is 106 Å². The zero-order chi connectivity index (χ0) is 11.9.